The first-order valence-electron chi connectivity index (χ1n) is 6.12. The predicted octanol–water partition coefficient (Wildman–Crippen LogP) is 1.33. The lowest BCUT2D eigenvalue weighted by atomic mass is 10.1. The highest BCUT2D eigenvalue weighted by Crippen LogP contribution is 2.13. The Balaban J connectivity index is 4.33. The van der Waals surface area contributed by atoms with Crippen LogP contribution in [0.25, 0.3) is 0 Å². The first-order valence-corrected chi connectivity index (χ1v) is 7.28. The van der Waals surface area contributed by atoms with Crippen LogP contribution in [-0.4, -0.2) is 52.0 Å². The molecule has 0 saturated heterocycles. The lowest BCUT2D eigenvalue weighted by Crippen LogP contribution is -2.41. The molecule has 0 rings (SSSR count). The number of aliphatic hydroxyl groups is 1. The van der Waals surface area contributed by atoms with Crippen LogP contribution in [0.3, 0.4) is 0 Å². The van der Waals surface area contributed by atoms with E-state index in [1.54, 1.807) is 20.8 Å². The van der Waals surface area contributed by atoms with E-state index in [4.69, 9.17) is 9.84 Å². The third-order valence-electron chi connectivity index (χ3n) is 2.14. The summed E-state index contributed by atoms with van der Waals surface area (Å²) >= 11 is 1.51. The Bertz CT molecular complexity index is 303. The Labute approximate surface area is 117 Å². The van der Waals surface area contributed by atoms with Gasteiger partial charge in [-0.2, -0.15) is 11.8 Å². The van der Waals surface area contributed by atoms with Crippen molar-refractivity contribution in [2.45, 2.75) is 39.4 Å². The van der Waals surface area contributed by atoms with Gasteiger partial charge in [0, 0.05) is 18.2 Å². The highest BCUT2D eigenvalue weighted by atomic mass is 32.2. The average Bonchev–Trinajstić information content (AvgIpc) is 2.25. The first kappa shape index (κ1) is 18.0. The average molecular weight is 293 g/mol. The highest BCUT2D eigenvalue weighted by Gasteiger charge is 2.26. The number of amides is 1. The SMILES string of the molecule is CCSC[C@H](CNC(=O)OC(C)(C)C)C(O)C(=O)O. The highest BCUT2D eigenvalue weighted by molar-refractivity contribution is 7.99. The minimum atomic E-state index is -1.49. The molecule has 0 aliphatic rings. The molecule has 0 saturated carbocycles. The molecule has 0 aromatic rings. The minimum Gasteiger partial charge on any atom is -0.479 e. The first-order chi connectivity index (χ1) is 8.67. The Kier molecular flexibility index (Phi) is 7.85. The maximum atomic E-state index is 11.5. The molecule has 1 unspecified atom stereocenters. The van der Waals surface area contributed by atoms with E-state index in [1.807, 2.05) is 6.92 Å². The van der Waals surface area contributed by atoms with Crippen LogP contribution in [0.4, 0.5) is 4.79 Å². The third-order valence-corrected chi connectivity index (χ3v) is 3.22. The van der Waals surface area contributed by atoms with Crippen LogP contribution in [-0.2, 0) is 9.53 Å². The molecule has 6 nitrogen and oxygen atoms in total. The van der Waals surface area contributed by atoms with Gasteiger partial charge < -0.3 is 20.3 Å². The predicted molar refractivity (Wildman–Crippen MR) is 74.4 cm³/mol. The minimum absolute atomic E-state index is 0.0649. The van der Waals surface area contributed by atoms with Gasteiger partial charge in [0.2, 0.25) is 0 Å². The van der Waals surface area contributed by atoms with Crippen LogP contribution >= 0.6 is 11.8 Å². The molecule has 19 heavy (non-hydrogen) atoms. The molecule has 0 bridgehead atoms. The van der Waals surface area contributed by atoms with Gasteiger partial charge in [-0.05, 0) is 26.5 Å². The largest absolute Gasteiger partial charge is 0.479 e. The van der Waals surface area contributed by atoms with Crippen molar-refractivity contribution in [2.24, 2.45) is 5.92 Å². The summed E-state index contributed by atoms with van der Waals surface area (Å²) in [5.74, 6) is -0.558. The van der Waals surface area contributed by atoms with Crippen LogP contribution in [0.5, 0.6) is 0 Å². The lowest BCUT2D eigenvalue weighted by molar-refractivity contribution is -0.149. The molecule has 2 atom stereocenters. The molecule has 0 aliphatic carbocycles. The number of hydrogen-bond donors (Lipinski definition) is 3. The summed E-state index contributed by atoms with van der Waals surface area (Å²) in [5.41, 5.74) is -0.608. The van der Waals surface area contributed by atoms with Crippen molar-refractivity contribution < 1.29 is 24.5 Å². The second kappa shape index (κ2) is 8.27. The number of carbonyl (C=O) groups excluding carboxylic acids is 1. The fourth-order valence-electron chi connectivity index (χ4n) is 1.26. The van der Waals surface area contributed by atoms with Gasteiger partial charge >= 0.3 is 12.1 Å². The Morgan fingerprint density at radius 3 is 2.37 bits per heavy atom. The maximum Gasteiger partial charge on any atom is 0.407 e. The Morgan fingerprint density at radius 2 is 1.95 bits per heavy atom. The number of carboxylic acids is 1. The number of rotatable bonds is 7. The number of hydrogen-bond acceptors (Lipinski definition) is 5. The molecule has 0 radical (unpaired) electrons. The van der Waals surface area contributed by atoms with Gasteiger partial charge in [0.1, 0.15) is 5.60 Å². The van der Waals surface area contributed by atoms with Crippen molar-refractivity contribution in [3.8, 4) is 0 Å². The zero-order valence-electron chi connectivity index (χ0n) is 11.8. The summed E-state index contributed by atoms with van der Waals surface area (Å²) in [5, 5.41) is 20.8. The fraction of sp³-hybridized carbons (Fsp3) is 0.833. The zero-order chi connectivity index (χ0) is 15.1. The van der Waals surface area contributed by atoms with Crippen LogP contribution in [0.15, 0.2) is 0 Å². The van der Waals surface area contributed by atoms with Crippen molar-refractivity contribution in [2.75, 3.05) is 18.1 Å². The second-order valence-electron chi connectivity index (χ2n) is 5.09. The lowest BCUT2D eigenvalue weighted by Gasteiger charge is -2.23. The van der Waals surface area contributed by atoms with Crippen molar-refractivity contribution >= 4 is 23.8 Å². The molecule has 0 heterocycles. The number of carbonyl (C=O) groups is 2. The van der Waals surface area contributed by atoms with Gasteiger partial charge in [-0.15, -0.1) is 0 Å². The summed E-state index contributed by atoms with van der Waals surface area (Å²) in [4.78, 5) is 22.2. The Morgan fingerprint density at radius 1 is 1.37 bits per heavy atom. The van der Waals surface area contributed by atoms with Gasteiger partial charge in [0.25, 0.3) is 0 Å². The Hall–Kier alpha value is -0.950. The third kappa shape index (κ3) is 8.72. The van der Waals surface area contributed by atoms with Gasteiger partial charge in [-0.1, -0.05) is 6.92 Å². The van der Waals surface area contributed by atoms with E-state index >= 15 is 0 Å². The van der Waals surface area contributed by atoms with Crippen molar-refractivity contribution in [3.63, 3.8) is 0 Å². The molecule has 0 aromatic carbocycles. The molecule has 0 aliphatic heterocycles. The van der Waals surface area contributed by atoms with E-state index in [-0.39, 0.29) is 6.54 Å². The molecule has 0 aromatic heterocycles. The molecule has 112 valence electrons. The smallest absolute Gasteiger partial charge is 0.407 e. The van der Waals surface area contributed by atoms with Crippen LogP contribution < -0.4 is 5.32 Å². The van der Waals surface area contributed by atoms with Gasteiger partial charge in [0.15, 0.2) is 6.10 Å². The quantitative estimate of drug-likeness (QED) is 0.655. The van der Waals surface area contributed by atoms with Gasteiger partial charge in [-0.25, -0.2) is 9.59 Å². The standard InChI is InChI=1S/C12H23NO5S/c1-5-19-7-8(9(14)10(15)16)6-13-11(17)18-12(2,3)4/h8-9,14H,5-7H2,1-4H3,(H,13,17)(H,15,16)/t8-,9?/m0/s1. The molecule has 1 amide bonds. The van der Waals surface area contributed by atoms with E-state index in [0.29, 0.717) is 5.75 Å². The monoisotopic (exact) mass is 293 g/mol. The van der Waals surface area contributed by atoms with Crippen molar-refractivity contribution in [1.82, 2.24) is 5.32 Å². The normalized spacial score (nSPS) is 14.6. The molecule has 0 fully saturated rings. The van der Waals surface area contributed by atoms with Crippen LogP contribution in [0, 0.1) is 5.92 Å². The number of aliphatic hydroxyl groups excluding tert-OH is 1. The number of alkyl carbamates (subject to hydrolysis) is 1. The maximum absolute atomic E-state index is 11.5. The fourth-order valence-corrected chi connectivity index (χ4v) is 2.10. The van der Waals surface area contributed by atoms with Crippen molar-refractivity contribution in [1.29, 1.82) is 0 Å². The number of nitrogens with one attached hydrogen (secondary N) is 1. The van der Waals surface area contributed by atoms with Gasteiger partial charge in [0.05, 0.1) is 0 Å². The molecular formula is C12H23NO5S. The van der Waals surface area contributed by atoms with E-state index in [0.717, 1.165) is 5.75 Å². The van der Waals surface area contributed by atoms with E-state index < -0.39 is 29.7 Å². The molecular weight excluding hydrogens is 270 g/mol. The summed E-state index contributed by atoms with van der Waals surface area (Å²) in [6.07, 6.45) is -2.11. The second-order valence-corrected chi connectivity index (χ2v) is 6.40. The van der Waals surface area contributed by atoms with Crippen LogP contribution in [0.1, 0.15) is 27.7 Å². The molecule has 0 spiro atoms. The van der Waals surface area contributed by atoms with E-state index in [1.165, 1.54) is 11.8 Å². The number of aliphatic carboxylic acids is 1. The summed E-state index contributed by atoms with van der Waals surface area (Å²) in [6.45, 7) is 7.22. The topological polar surface area (TPSA) is 95.9 Å². The number of ether oxygens (including phenoxy) is 1. The van der Waals surface area contributed by atoms with E-state index in [2.05, 4.69) is 5.32 Å². The summed E-state index contributed by atoms with van der Waals surface area (Å²) in [6, 6.07) is 0. The zero-order valence-corrected chi connectivity index (χ0v) is 12.6. The number of thioether (sulfide) groups is 1. The van der Waals surface area contributed by atoms with Crippen molar-refractivity contribution in [3.05, 3.63) is 0 Å². The van der Waals surface area contributed by atoms with Crippen LogP contribution in [0.2, 0.25) is 0 Å². The molecule has 3 N–H and O–H groups in total. The molecule has 7 heteroatoms. The van der Waals surface area contributed by atoms with Gasteiger partial charge in [-0.3, -0.25) is 0 Å². The number of carboxylic acid groups (broad SMARTS) is 1. The summed E-state index contributed by atoms with van der Waals surface area (Å²) < 4.78 is 5.05. The summed E-state index contributed by atoms with van der Waals surface area (Å²) in [7, 11) is 0. The van der Waals surface area contributed by atoms with E-state index in [9.17, 15) is 14.7 Å².